The number of hydrogen-bond donors (Lipinski definition) is 0. The minimum absolute atomic E-state index is 0.167. The number of benzene rings is 1. The number of hydrogen-bond acceptors (Lipinski definition) is 5. The molecule has 0 unspecified atom stereocenters. The van der Waals surface area contributed by atoms with E-state index in [4.69, 9.17) is 4.74 Å². The highest BCUT2D eigenvalue weighted by atomic mass is 32.2. The third-order valence-corrected chi connectivity index (χ3v) is 6.00. The molecule has 0 saturated heterocycles. The van der Waals surface area contributed by atoms with Crippen molar-refractivity contribution in [3.05, 3.63) is 24.3 Å². The summed E-state index contributed by atoms with van der Waals surface area (Å²) in [6, 6.07) is 8.36. The van der Waals surface area contributed by atoms with E-state index in [1.54, 1.807) is 18.4 Å². The minimum Gasteiger partial charge on any atom is -0.383 e. The van der Waals surface area contributed by atoms with Crippen molar-refractivity contribution < 1.29 is 9.53 Å². The molecule has 0 aliphatic heterocycles. The van der Waals surface area contributed by atoms with Crippen LogP contribution in [0.2, 0.25) is 0 Å². The van der Waals surface area contributed by atoms with Crippen LogP contribution in [0.25, 0.3) is 10.2 Å². The van der Waals surface area contributed by atoms with Crippen molar-refractivity contribution in [3.8, 4) is 0 Å². The highest BCUT2D eigenvalue weighted by Crippen LogP contribution is 2.29. The maximum Gasteiger partial charge on any atom is 0.233 e. The molecule has 0 aliphatic carbocycles. The maximum atomic E-state index is 12.6. The fraction of sp³-hybridized carbons (Fsp3) is 0.529. The second-order valence-electron chi connectivity index (χ2n) is 5.29. The molecule has 23 heavy (non-hydrogen) atoms. The first-order valence-corrected chi connectivity index (χ1v) is 9.76. The van der Waals surface area contributed by atoms with E-state index in [2.05, 4.69) is 24.9 Å². The molecule has 0 saturated carbocycles. The number of carbonyl (C=O) groups excluding carboxylic acids is 1. The summed E-state index contributed by atoms with van der Waals surface area (Å²) in [5, 5.41) is 0. The second kappa shape index (κ2) is 9.25. The molecule has 1 heterocycles. The monoisotopic (exact) mass is 352 g/mol. The number of fused-ring (bicyclic) bond motifs is 1. The van der Waals surface area contributed by atoms with Crippen LogP contribution in [0.1, 0.15) is 26.7 Å². The summed E-state index contributed by atoms with van der Waals surface area (Å²) in [4.78, 5) is 19.2. The van der Waals surface area contributed by atoms with E-state index >= 15 is 0 Å². The lowest BCUT2D eigenvalue weighted by atomic mass is 10.1. The molecular weight excluding hydrogens is 328 g/mol. The maximum absolute atomic E-state index is 12.6. The molecular formula is C17H24N2O2S2. The van der Waals surface area contributed by atoms with Gasteiger partial charge in [-0.25, -0.2) is 4.98 Å². The van der Waals surface area contributed by atoms with Gasteiger partial charge in [0.15, 0.2) is 4.34 Å². The predicted molar refractivity (Wildman–Crippen MR) is 98.3 cm³/mol. The van der Waals surface area contributed by atoms with Crippen molar-refractivity contribution >= 4 is 39.2 Å². The number of thioether (sulfide) groups is 1. The van der Waals surface area contributed by atoms with Gasteiger partial charge in [-0.2, -0.15) is 0 Å². The molecule has 0 bridgehead atoms. The zero-order chi connectivity index (χ0) is 16.7. The fourth-order valence-electron chi connectivity index (χ4n) is 2.55. The van der Waals surface area contributed by atoms with Crippen LogP contribution in [0.3, 0.4) is 0 Å². The lowest BCUT2D eigenvalue weighted by molar-refractivity contribution is -0.131. The van der Waals surface area contributed by atoms with Gasteiger partial charge < -0.3 is 9.64 Å². The third kappa shape index (κ3) is 4.93. The Morgan fingerprint density at radius 2 is 2.09 bits per heavy atom. The molecule has 2 aromatic rings. The van der Waals surface area contributed by atoms with Gasteiger partial charge in [0.2, 0.25) is 5.91 Å². The normalized spacial score (nSPS) is 11.3. The molecule has 1 aromatic carbocycles. The van der Waals surface area contributed by atoms with E-state index in [1.807, 2.05) is 23.1 Å². The van der Waals surface area contributed by atoms with E-state index in [0.717, 1.165) is 22.7 Å². The lowest BCUT2D eigenvalue weighted by Crippen LogP contribution is -2.42. The van der Waals surface area contributed by atoms with Crippen LogP contribution < -0.4 is 0 Å². The molecule has 1 aromatic heterocycles. The molecule has 0 aliphatic rings. The molecule has 2 rings (SSSR count). The van der Waals surface area contributed by atoms with E-state index in [1.165, 1.54) is 16.5 Å². The van der Waals surface area contributed by atoms with Crippen LogP contribution in [-0.2, 0) is 9.53 Å². The number of aromatic nitrogens is 1. The standard InChI is InChI=1S/C17H24N2O2S2/c1-4-13(5-2)19(10-11-21-3)16(20)12-22-17-18-14-8-6-7-9-15(14)23-17/h6-9,13H,4-5,10-12H2,1-3H3. The van der Waals surface area contributed by atoms with Gasteiger partial charge in [0.25, 0.3) is 0 Å². The number of methoxy groups -OCH3 is 1. The molecule has 6 heteroatoms. The van der Waals surface area contributed by atoms with Crippen molar-refractivity contribution in [1.82, 2.24) is 9.88 Å². The van der Waals surface area contributed by atoms with Gasteiger partial charge in [-0.15, -0.1) is 11.3 Å². The quantitative estimate of drug-likeness (QED) is 0.639. The Bertz CT molecular complexity index is 593. The van der Waals surface area contributed by atoms with Gasteiger partial charge in [0, 0.05) is 19.7 Å². The molecule has 126 valence electrons. The number of nitrogens with zero attached hydrogens (tertiary/aromatic N) is 2. The summed E-state index contributed by atoms with van der Waals surface area (Å²) >= 11 is 3.17. The van der Waals surface area contributed by atoms with Crippen LogP contribution >= 0.6 is 23.1 Å². The van der Waals surface area contributed by atoms with Crippen molar-refractivity contribution in [1.29, 1.82) is 0 Å². The summed E-state index contributed by atoms with van der Waals surface area (Å²) in [5.74, 6) is 0.597. The minimum atomic E-state index is 0.167. The summed E-state index contributed by atoms with van der Waals surface area (Å²) in [6.07, 6.45) is 1.94. The third-order valence-electron chi connectivity index (χ3n) is 3.83. The van der Waals surface area contributed by atoms with E-state index in [9.17, 15) is 4.79 Å². The van der Waals surface area contributed by atoms with E-state index in [-0.39, 0.29) is 11.9 Å². The van der Waals surface area contributed by atoms with Crippen molar-refractivity contribution in [3.63, 3.8) is 0 Å². The molecule has 0 spiro atoms. The summed E-state index contributed by atoms with van der Waals surface area (Å²) in [6.45, 7) is 5.49. The summed E-state index contributed by atoms with van der Waals surface area (Å²) < 4.78 is 7.27. The largest absolute Gasteiger partial charge is 0.383 e. The highest BCUT2D eigenvalue weighted by molar-refractivity contribution is 8.01. The van der Waals surface area contributed by atoms with Gasteiger partial charge >= 0.3 is 0 Å². The Morgan fingerprint density at radius 1 is 1.35 bits per heavy atom. The molecule has 1 amide bonds. The van der Waals surface area contributed by atoms with E-state index in [0.29, 0.717) is 18.9 Å². The van der Waals surface area contributed by atoms with Gasteiger partial charge in [-0.3, -0.25) is 4.79 Å². The smallest absolute Gasteiger partial charge is 0.233 e. The lowest BCUT2D eigenvalue weighted by Gasteiger charge is -2.30. The van der Waals surface area contributed by atoms with Crippen molar-refractivity contribution in [2.45, 2.75) is 37.1 Å². The topological polar surface area (TPSA) is 42.4 Å². The second-order valence-corrected chi connectivity index (χ2v) is 7.54. The Hall–Kier alpha value is -1.11. The number of amides is 1. The first-order chi connectivity index (χ1) is 11.2. The molecule has 0 atom stereocenters. The SMILES string of the molecule is CCC(CC)N(CCOC)C(=O)CSc1nc2ccccc2s1. The van der Waals surface area contributed by atoms with Gasteiger partial charge in [0.05, 0.1) is 22.6 Å². The number of carbonyl (C=O) groups is 1. The first kappa shape index (κ1) is 18.2. The number of thiazole rings is 1. The molecule has 0 fully saturated rings. The van der Waals surface area contributed by atoms with Crippen molar-refractivity contribution in [2.24, 2.45) is 0 Å². The molecule has 0 radical (unpaired) electrons. The first-order valence-electron chi connectivity index (χ1n) is 7.96. The van der Waals surface area contributed by atoms with Crippen LogP contribution in [0, 0.1) is 0 Å². The Labute approximate surface area is 146 Å². The van der Waals surface area contributed by atoms with Gasteiger partial charge in [0.1, 0.15) is 0 Å². The number of rotatable bonds is 9. The van der Waals surface area contributed by atoms with E-state index < -0.39 is 0 Å². The average molecular weight is 353 g/mol. The number of para-hydroxylation sites is 1. The van der Waals surface area contributed by atoms with Gasteiger partial charge in [-0.05, 0) is 25.0 Å². The fourth-order valence-corrected chi connectivity index (χ4v) is 4.50. The van der Waals surface area contributed by atoms with Crippen LogP contribution in [0.5, 0.6) is 0 Å². The predicted octanol–water partition coefficient (Wildman–Crippen LogP) is 4.05. The van der Waals surface area contributed by atoms with Crippen molar-refractivity contribution in [2.75, 3.05) is 26.0 Å². The molecule has 4 nitrogen and oxygen atoms in total. The van der Waals surface area contributed by atoms with Crippen LogP contribution in [-0.4, -0.2) is 47.8 Å². The summed E-state index contributed by atoms with van der Waals surface area (Å²) in [7, 11) is 1.67. The van der Waals surface area contributed by atoms with Crippen LogP contribution in [0.15, 0.2) is 28.6 Å². The number of ether oxygens (including phenoxy) is 1. The Balaban J connectivity index is 1.99. The summed E-state index contributed by atoms with van der Waals surface area (Å²) in [5.41, 5.74) is 1.00. The Morgan fingerprint density at radius 3 is 2.74 bits per heavy atom. The zero-order valence-corrected chi connectivity index (χ0v) is 15.6. The average Bonchev–Trinajstić information content (AvgIpc) is 2.99. The highest BCUT2D eigenvalue weighted by Gasteiger charge is 2.21. The zero-order valence-electron chi connectivity index (χ0n) is 13.9. The van der Waals surface area contributed by atoms with Gasteiger partial charge in [-0.1, -0.05) is 37.7 Å². The van der Waals surface area contributed by atoms with Crippen LogP contribution in [0.4, 0.5) is 0 Å². The molecule has 0 N–H and O–H groups in total. The Kier molecular flexibility index (Phi) is 7.33.